The van der Waals surface area contributed by atoms with E-state index in [0.717, 1.165) is 22.9 Å². The lowest BCUT2D eigenvalue weighted by Crippen LogP contribution is -2.26. The van der Waals surface area contributed by atoms with Gasteiger partial charge in [-0.25, -0.2) is 22.5 Å². The number of aromatic nitrogens is 2. The van der Waals surface area contributed by atoms with E-state index in [2.05, 4.69) is 9.71 Å². The topological polar surface area (TPSA) is 64.0 Å². The van der Waals surface area contributed by atoms with E-state index in [1.165, 1.54) is 12.1 Å². The lowest BCUT2D eigenvalue weighted by molar-refractivity contribution is 0.575. The summed E-state index contributed by atoms with van der Waals surface area (Å²) in [6, 6.07) is 11.6. The number of nitrogens with one attached hydrogen (secondary N) is 1. The summed E-state index contributed by atoms with van der Waals surface area (Å²) in [6.07, 6.45) is 0.443. The molecule has 0 aliphatic heterocycles. The van der Waals surface area contributed by atoms with Crippen LogP contribution in [-0.2, 0) is 23.5 Å². The minimum absolute atomic E-state index is 0.0735. The normalized spacial score (nSPS) is 12.0. The maximum absolute atomic E-state index is 13.6. The minimum Gasteiger partial charge on any atom is -0.331 e. The fourth-order valence-corrected chi connectivity index (χ4v) is 3.58. The fourth-order valence-electron chi connectivity index (χ4n) is 2.54. The van der Waals surface area contributed by atoms with Crippen LogP contribution in [0.25, 0.3) is 11.0 Å². The predicted molar refractivity (Wildman–Crippen MR) is 90.7 cm³/mol. The van der Waals surface area contributed by atoms with Crippen LogP contribution in [0.3, 0.4) is 0 Å². The third-order valence-electron chi connectivity index (χ3n) is 3.97. The third-order valence-corrected chi connectivity index (χ3v) is 5.43. The molecule has 0 atom stereocenters. The number of para-hydroxylation sites is 2. The molecular formula is C17H18FN3O2S. The molecule has 1 heterocycles. The number of imidazole rings is 1. The van der Waals surface area contributed by atoms with E-state index in [4.69, 9.17) is 0 Å². The summed E-state index contributed by atoms with van der Waals surface area (Å²) < 4.78 is 42.5. The van der Waals surface area contributed by atoms with Crippen LogP contribution in [0.4, 0.5) is 4.39 Å². The molecule has 5 nitrogen and oxygen atoms in total. The molecule has 3 rings (SSSR count). The van der Waals surface area contributed by atoms with Gasteiger partial charge >= 0.3 is 0 Å². The Kier molecular flexibility index (Phi) is 4.38. The minimum atomic E-state index is -3.74. The zero-order valence-electron chi connectivity index (χ0n) is 13.5. The van der Waals surface area contributed by atoms with Crippen molar-refractivity contribution in [1.82, 2.24) is 14.3 Å². The van der Waals surface area contributed by atoms with Crippen LogP contribution in [0, 0.1) is 12.7 Å². The zero-order valence-corrected chi connectivity index (χ0v) is 14.3. The summed E-state index contributed by atoms with van der Waals surface area (Å²) in [5.41, 5.74) is 2.28. The van der Waals surface area contributed by atoms with Gasteiger partial charge in [0.1, 0.15) is 11.6 Å². The Morgan fingerprint density at radius 2 is 1.96 bits per heavy atom. The molecule has 7 heteroatoms. The van der Waals surface area contributed by atoms with Gasteiger partial charge < -0.3 is 4.57 Å². The lowest BCUT2D eigenvalue weighted by Gasteiger charge is -2.08. The summed E-state index contributed by atoms with van der Waals surface area (Å²) in [6.45, 7) is 1.78. The van der Waals surface area contributed by atoms with Crippen molar-refractivity contribution in [1.29, 1.82) is 0 Å². The molecular weight excluding hydrogens is 329 g/mol. The Morgan fingerprint density at radius 1 is 1.21 bits per heavy atom. The maximum atomic E-state index is 13.6. The van der Waals surface area contributed by atoms with Crippen molar-refractivity contribution in [2.45, 2.75) is 18.2 Å². The Hall–Kier alpha value is -2.25. The van der Waals surface area contributed by atoms with Gasteiger partial charge in [-0.3, -0.25) is 0 Å². The standard InChI is InChI=1S/C17H18FN3O2S/c1-12-7-8-13(11-14(12)18)24(22,23)19-10-9-17-20-15-5-3-4-6-16(15)21(17)2/h3-8,11,19H,9-10H2,1-2H3. The van der Waals surface area contributed by atoms with Crippen LogP contribution in [-0.4, -0.2) is 24.5 Å². The smallest absolute Gasteiger partial charge is 0.240 e. The van der Waals surface area contributed by atoms with Crippen molar-refractivity contribution in [3.63, 3.8) is 0 Å². The van der Waals surface area contributed by atoms with Gasteiger partial charge in [0.2, 0.25) is 10.0 Å². The number of hydrogen-bond acceptors (Lipinski definition) is 3. The summed E-state index contributed by atoms with van der Waals surface area (Å²) >= 11 is 0. The SMILES string of the molecule is Cc1ccc(S(=O)(=O)NCCc2nc3ccccc3n2C)cc1F. The van der Waals surface area contributed by atoms with Crippen molar-refractivity contribution >= 4 is 21.1 Å². The molecule has 0 radical (unpaired) electrons. The Labute approximate surface area is 140 Å². The Morgan fingerprint density at radius 3 is 2.67 bits per heavy atom. The fraction of sp³-hybridized carbons (Fsp3) is 0.235. The van der Waals surface area contributed by atoms with Gasteiger partial charge in [-0.1, -0.05) is 18.2 Å². The van der Waals surface area contributed by atoms with Crippen LogP contribution in [0.5, 0.6) is 0 Å². The summed E-state index contributed by atoms with van der Waals surface area (Å²) in [5, 5.41) is 0. The van der Waals surface area contributed by atoms with E-state index in [0.29, 0.717) is 12.0 Å². The van der Waals surface area contributed by atoms with Crippen LogP contribution in [0.15, 0.2) is 47.4 Å². The molecule has 0 saturated heterocycles. The quantitative estimate of drug-likeness (QED) is 0.771. The largest absolute Gasteiger partial charge is 0.331 e. The number of nitrogens with zero attached hydrogens (tertiary/aromatic N) is 2. The van der Waals surface area contributed by atoms with Gasteiger partial charge in [-0.05, 0) is 36.8 Å². The van der Waals surface area contributed by atoms with E-state index < -0.39 is 15.8 Å². The van der Waals surface area contributed by atoms with Crippen LogP contribution >= 0.6 is 0 Å². The van der Waals surface area contributed by atoms with Gasteiger partial charge in [0, 0.05) is 20.0 Å². The highest BCUT2D eigenvalue weighted by atomic mass is 32.2. The number of benzene rings is 2. The molecule has 1 aromatic heterocycles. The second-order valence-corrected chi connectivity index (χ2v) is 7.40. The zero-order chi connectivity index (χ0) is 17.3. The molecule has 0 aliphatic carbocycles. The van der Waals surface area contributed by atoms with Crippen molar-refractivity contribution in [2.24, 2.45) is 7.05 Å². The van der Waals surface area contributed by atoms with E-state index in [9.17, 15) is 12.8 Å². The Balaban J connectivity index is 1.72. The average molecular weight is 347 g/mol. The first-order valence-corrected chi connectivity index (χ1v) is 9.03. The molecule has 0 amide bonds. The first kappa shape index (κ1) is 16.6. The lowest BCUT2D eigenvalue weighted by atomic mass is 10.2. The number of fused-ring (bicyclic) bond motifs is 1. The molecule has 0 spiro atoms. The van der Waals surface area contributed by atoms with Crippen LogP contribution in [0.1, 0.15) is 11.4 Å². The molecule has 3 aromatic rings. The number of hydrogen-bond donors (Lipinski definition) is 1. The number of halogens is 1. The van der Waals surface area contributed by atoms with Crippen LogP contribution < -0.4 is 4.72 Å². The molecule has 0 bridgehead atoms. The third kappa shape index (κ3) is 3.18. The van der Waals surface area contributed by atoms with E-state index in [1.807, 2.05) is 35.9 Å². The van der Waals surface area contributed by atoms with Gasteiger partial charge in [-0.15, -0.1) is 0 Å². The molecule has 0 saturated carbocycles. The van der Waals surface area contributed by atoms with Crippen LogP contribution in [0.2, 0.25) is 0 Å². The summed E-state index contributed by atoms with van der Waals surface area (Å²) in [5.74, 6) is 0.252. The van der Waals surface area contributed by atoms with Gasteiger partial charge in [0.25, 0.3) is 0 Å². The van der Waals surface area contributed by atoms with Crippen molar-refractivity contribution in [2.75, 3.05) is 6.54 Å². The van der Waals surface area contributed by atoms with E-state index >= 15 is 0 Å². The first-order chi connectivity index (χ1) is 11.4. The molecule has 0 unspecified atom stereocenters. The predicted octanol–water partition coefficient (Wildman–Crippen LogP) is 2.54. The van der Waals surface area contributed by atoms with E-state index in [1.54, 1.807) is 6.92 Å². The number of sulfonamides is 1. The molecule has 24 heavy (non-hydrogen) atoms. The summed E-state index contributed by atoms with van der Waals surface area (Å²) in [7, 11) is -1.84. The van der Waals surface area contributed by atoms with Crippen molar-refractivity contribution in [3.8, 4) is 0 Å². The number of aryl methyl sites for hydroxylation is 2. The molecule has 126 valence electrons. The van der Waals surface area contributed by atoms with Gasteiger partial charge in [0.05, 0.1) is 15.9 Å². The highest BCUT2D eigenvalue weighted by molar-refractivity contribution is 7.89. The maximum Gasteiger partial charge on any atom is 0.240 e. The average Bonchev–Trinajstić information content (AvgIpc) is 2.86. The first-order valence-electron chi connectivity index (χ1n) is 7.54. The second-order valence-electron chi connectivity index (χ2n) is 5.63. The Bertz CT molecular complexity index is 996. The highest BCUT2D eigenvalue weighted by Gasteiger charge is 2.16. The second kappa shape index (κ2) is 6.33. The molecule has 0 aliphatic rings. The van der Waals surface area contributed by atoms with E-state index in [-0.39, 0.29) is 11.4 Å². The summed E-state index contributed by atoms with van der Waals surface area (Å²) in [4.78, 5) is 4.42. The molecule has 1 N–H and O–H groups in total. The van der Waals surface area contributed by atoms with Crippen molar-refractivity contribution < 1.29 is 12.8 Å². The highest BCUT2D eigenvalue weighted by Crippen LogP contribution is 2.16. The monoisotopic (exact) mass is 347 g/mol. The molecule has 2 aromatic carbocycles. The van der Waals surface area contributed by atoms with Gasteiger partial charge in [-0.2, -0.15) is 0 Å². The number of rotatable bonds is 5. The molecule has 0 fully saturated rings. The van der Waals surface area contributed by atoms with Crippen molar-refractivity contribution in [3.05, 3.63) is 59.7 Å². The van der Waals surface area contributed by atoms with Gasteiger partial charge in [0.15, 0.2) is 0 Å².